The topological polar surface area (TPSA) is 78.4 Å². The van der Waals surface area contributed by atoms with Crippen LogP contribution in [0.15, 0.2) is 24.3 Å². The van der Waals surface area contributed by atoms with Gasteiger partial charge in [0, 0.05) is 6.54 Å². The maximum Gasteiger partial charge on any atom is 0.326 e. The summed E-state index contributed by atoms with van der Waals surface area (Å²) in [5.41, 5.74) is -0.0993. The first-order valence-electron chi connectivity index (χ1n) is 6.72. The Bertz CT molecular complexity index is 512. The third kappa shape index (κ3) is 5.41. The van der Waals surface area contributed by atoms with Crippen molar-refractivity contribution >= 4 is 12.0 Å². The van der Waals surface area contributed by atoms with Gasteiger partial charge in [0.1, 0.15) is 11.9 Å². The molecule has 1 aromatic rings. The second kappa shape index (κ2) is 7.06. The van der Waals surface area contributed by atoms with Crippen molar-refractivity contribution in [2.24, 2.45) is 5.41 Å². The number of nitrogens with one attached hydrogen (secondary N) is 2. The van der Waals surface area contributed by atoms with Gasteiger partial charge in [-0.15, -0.1) is 0 Å². The van der Waals surface area contributed by atoms with Crippen molar-refractivity contribution in [3.05, 3.63) is 35.6 Å². The van der Waals surface area contributed by atoms with Gasteiger partial charge >= 0.3 is 12.0 Å². The lowest BCUT2D eigenvalue weighted by Gasteiger charge is -2.27. The van der Waals surface area contributed by atoms with E-state index < -0.39 is 23.5 Å². The number of halogens is 1. The van der Waals surface area contributed by atoms with Crippen molar-refractivity contribution < 1.29 is 19.1 Å². The summed E-state index contributed by atoms with van der Waals surface area (Å²) in [6, 6.07) is 4.75. The summed E-state index contributed by atoms with van der Waals surface area (Å²) in [7, 11) is 0. The first kappa shape index (κ1) is 16.9. The largest absolute Gasteiger partial charge is 0.480 e. The first-order valence-corrected chi connectivity index (χ1v) is 6.72. The number of rotatable bonds is 5. The molecule has 21 heavy (non-hydrogen) atoms. The SMILES string of the molecule is CC(C)(C)[C@H](NC(=O)NCCc1ccccc1F)C(=O)O. The molecule has 0 radical (unpaired) electrons. The lowest BCUT2D eigenvalue weighted by molar-refractivity contribution is -0.141. The zero-order valence-electron chi connectivity index (χ0n) is 12.4. The Balaban J connectivity index is 2.47. The molecule has 0 saturated carbocycles. The van der Waals surface area contributed by atoms with Gasteiger partial charge in [0.25, 0.3) is 0 Å². The number of carbonyl (C=O) groups is 2. The van der Waals surface area contributed by atoms with Crippen LogP contribution in [0.3, 0.4) is 0 Å². The Kier molecular flexibility index (Phi) is 5.69. The van der Waals surface area contributed by atoms with Crippen LogP contribution < -0.4 is 10.6 Å². The van der Waals surface area contributed by atoms with Gasteiger partial charge in [-0.2, -0.15) is 0 Å². The molecule has 1 atom stereocenters. The summed E-state index contributed by atoms with van der Waals surface area (Å²) in [5.74, 6) is -1.41. The second-order valence-corrected chi connectivity index (χ2v) is 5.88. The van der Waals surface area contributed by atoms with Gasteiger partial charge in [0.05, 0.1) is 0 Å². The molecular weight excluding hydrogens is 275 g/mol. The van der Waals surface area contributed by atoms with Crippen molar-refractivity contribution in [3.63, 3.8) is 0 Å². The molecule has 0 bridgehead atoms. The fraction of sp³-hybridized carbons (Fsp3) is 0.467. The molecular formula is C15H21FN2O3. The van der Waals surface area contributed by atoms with Gasteiger partial charge in [-0.25, -0.2) is 14.0 Å². The Morgan fingerprint density at radius 3 is 2.43 bits per heavy atom. The summed E-state index contributed by atoms with van der Waals surface area (Å²) >= 11 is 0. The summed E-state index contributed by atoms with van der Waals surface area (Å²) < 4.78 is 13.4. The van der Waals surface area contributed by atoms with E-state index in [1.165, 1.54) is 6.07 Å². The van der Waals surface area contributed by atoms with E-state index >= 15 is 0 Å². The van der Waals surface area contributed by atoms with Crippen molar-refractivity contribution in [1.82, 2.24) is 10.6 Å². The van der Waals surface area contributed by atoms with E-state index in [9.17, 15) is 14.0 Å². The standard InChI is InChI=1S/C15H21FN2O3/c1-15(2,3)12(13(19)20)18-14(21)17-9-8-10-6-4-5-7-11(10)16/h4-7,12H,8-9H2,1-3H3,(H,19,20)(H2,17,18,21)/t12-/m1/s1. The average molecular weight is 296 g/mol. The number of hydrogen-bond acceptors (Lipinski definition) is 2. The monoisotopic (exact) mass is 296 g/mol. The number of urea groups is 1. The van der Waals surface area contributed by atoms with Crippen LogP contribution >= 0.6 is 0 Å². The maximum atomic E-state index is 13.4. The Labute approximate surface area is 123 Å². The van der Waals surface area contributed by atoms with Crippen LogP contribution in [0.4, 0.5) is 9.18 Å². The van der Waals surface area contributed by atoms with Crippen LogP contribution in [0, 0.1) is 11.2 Å². The summed E-state index contributed by atoms with van der Waals surface area (Å²) in [6.45, 7) is 5.41. The molecule has 0 heterocycles. The molecule has 5 nitrogen and oxygen atoms in total. The molecule has 0 aromatic heterocycles. The minimum absolute atomic E-state index is 0.225. The van der Waals surface area contributed by atoms with E-state index in [4.69, 9.17) is 5.11 Å². The van der Waals surface area contributed by atoms with Gasteiger partial charge < -0.3 is 15.7 Å². The molecule has 0 spiro atoms. The van der Waals surface area contributed by atoms with Crippen molar-refractivity contribution in [2.45, 2.75) is 33.2 Å². The Morgan fingerprint density at radius 1 is 1.29 bits per heavy atom. The van der Waals surface area contributed by atoms with Crippen LogP contribution in [0.25, 0.3) is 0 Å². The van der Waals surface area contributed by atoms with E-state index in [0.717, 1.165) is 0 Å². The smallest absolute Gasteiger partial charge is 0.326 e. The molecule has 6 heteroatoms. The highest BCUT2D eigenvalue weighted by Gasteiger charge is 2.32. The minimum Gasteiger partial charge on any atom is -0.480 e. The third-order valence-electron chi connectivity index (χ3n) is 3.03. The highest BCUT2D eigenvalue weighted by Crippen LogP contribution is 2.19. The summed E-state index contributed by atoms with van der Waals surface area (Å²) in [6.07, 6.45) is 0.341. The number of hydrogen-bond donors (Lipinski definition) is 3. The van der Waals surface area contributed by atoms with Crippen LogP contribution in [-0.2, 0) is 11.2 Å². The number of aliphatic carboxylic acids is 1. The number of carbonyl (C=O) groups excluding carboxylic acids is 1. The van der Waals surface area contributed by atoms with Crippen LogP contribution in [0.1, 0.15) is 26.3 Å². The molecule has 116 valence electrons. The fourth-order valence-electron chi connectivity index (χ4n) is 1.84. The first-order chi connectivity index (χ1) is 9.71. The number of carboxylic acid groups (broad SMARTS) is 1. The Hall–Kier alpha value is -2.11. The number of benzene rings is 1. The summed E-state index contributed by atoms with van der Waals surface area (Å²) in [5, 5.41) is 14.1. The molecule has 2 amide bonds. The van der Waals surface area contributed by atoms with E-state index in [1.807, 2.05) is 0 Å². The van der Waals surface area contributed by atoms with Gasteiger partial charge in [0.2, 0.25) is 0 Å². The van der Waals surface area contributed by atoms with E-state index in [1.54, 1.807) is 39.0 Å². The quantitative estimate of drug-likeness (QED) is 0.779. The number of carboxylic acids is 1. The highest BCUT2D eigenvalue weighted by molar-refractivity contribution is 5.83. The lowest BCUT2D eigenvalue weighted by Crippen LogP contribution is -2.52. The van der Waals surface area contributed by atoms with Crippen molar-refractivity contribution in [2.75, 3.05) is 6.54 Å². The third-order valence-corrected chi connectivity index (χ3v) is 3.03. The van der Waals surface area contributed by atoms with Gasteiger partial charge in [-0.05, 0) is 23.5 Å². The van der Waals surface area contributed by atoms with E-state index in [2.05, 4.69) is 10.6 Å². The van der Waals surface area contributed by atoms with Crippen LogP contribution in [0.2, 0.25) is 0 Å². The average Bonchev–Trinajstić information content (AvgIpc) is 2.36. The van der Waals surface area contributed by atoms with E-state index in [0.29, 0.717) is 12.0 Å². The maximum absolute atomic E-state index is 13.4. The van der Waals surface area contributed by atoms with Gasteiger partial charge in [-0.3, -0.25) is 0 Å². The number of amides is 2. The van der Waals surface area contributed by atoms with Gasteiger partial charge in [0.15, 0.2) is 0 Å². The van der Waals surface area contributed by atoms with Crippen molar-refractivity contribution in [1.29, 1.82) is 0 Å². The van der Waals surface area contributed by atoms with Gasteiger partial charge in [-0.1, -0.05) is 39.0 Å². The van der Waals surface area contributed by atoms with Crippen LogP contribution in [0.5, 0.6) is 0 Å². The molecule has 3 N–H and O–H groups in total. The molecule has 0 fully saturated rings. The normalized spacial score (nSPS) is 12.6. The van der Waals surface area contributed by atoms with E-state index in [-0.39, 0.29) is 12.4 Å². The summed E-state index contributed by atoms with van der Waals surface area (Å²) in [4.78, 5) is 22.8. The fourth-order valence-corrected chi connectivity index (χ4v) is 1.84. The molecule has 0 aliphatic rings. The molecule has 0 aliphatic carbocycles. The predicted octanol–water partition coefficient (Wildman–Crippen LogP) is 2.17. The molecule has 0 unspecified atom stereocenters. The zero-order chi connectivity index (χ0) is 16.0. The molecule has 1 rings (SSSR count). The second-order valence-electron chi connectivity index (χ2n) is 5.88. The molecule has 1 aromatic carbocycles. The predicted molar refractivity (Wildman–Crippen MR) is 77.5 cm³/mol. The Morgan fingerprint density at radius 2 is 1.90 bits per heavy atom. The van der Waals surface area contributed by atoms with Crippen LogP contribution in [-0.4, -0.2) is 29.7 Å². The van der Waals surface area contributed by atoms with Crippen molar-refractivity contribution in [3.8, 4) is 0 Å². The molecule has 0 saturated heterocycles. The lowest BCUT2D eigenvalue weighted by atomic mass is 9.87. The minimum atomic E-state index is -1.09. The zero-order valence-corrected chi connectivity index (χ0v) is 12.4. The molecule has 0 aliphatic heterocycles. The highest BCUT2D eigenvalue weighted by atomic mass is 19.1.